The molecule has 5 rings (SSSR count). The lowest BCUT2D eigenvalue weighted by atomic mass is 9.76. The van der Waals surface area contributed by atoms with Gasteiger partial charge in [0, 0.05) is 31.2 Å². The van der Waals surface area contributed by atoms with Gasteiger partial charge in [0.1, 0.15) is 0 Å². The van der Waals surface area contributed by atoms with Crippen LogP contribution in [0.25, 0.3) is 11.0 Å². The highest BCUT2D eigenvalue weighted by molar-refractivity contribution is 6.41. The minimum atomic E-state index is -1.44. The van der Waals surface area contributed by atoms with Crippen molar-refractivity contribution in [2.75, 3.05) is 13.7 Å². The van der Waals surface area contributed by atoms with Crippen LogP contribution in [0.2, 0.25) is 0 Å². The van der Waals surface area contributed by atoms with E-state index in [-0.39, 0.29) is 11.7 Å². The Labute approximate surface area is 234 Å². The molecular formula is C30H41N5O5. The highest BCUT2D eigenvalue weighted by Crippen LogP contribution is 2.44. The number of amides is 1. The first-order valence-electron chi connectivity index (χ1n) is 14.8. The molecule has 1 aliphatic carbocycles. The van der Waals surface area contributed by atoms with Gasteiger partial charge in [0.2, 0.25) is 5.71 Å². The molecule has 1 saturated carbocycles. The van der Waals surface area contributed by atoms with Crippen molar-refractivity contribution in [2.45, 2.75) is 102 Å². The molecular weight excluding hydrogens is 510 g/mol. The maximum Gasteiger partial charge on any atom is 0.360 e. The van der Waals surface area contributed by atoms with Crippen LogP contribution in [0, 0.1) is 5.92 Å². The number of carbonyl (C=O) groups is 2. The topological polar surface area (TPSA) is 126 Å². The molecule has 3 fully saturated rings. The number of carbonyl (C=O) groups excluding carboxylic acids is 1. The number of carboxylic acid groups (broad SMARTS) is 1. The number of nitrogens with one attached hydrogen (secondary N) is 1. The molecule has 1 aromatic heterocycles. The quantitative estimate of drug-likeness (QED) is 0.358. The first-order valence-corrected chi connectivity index (χ1v) is 14.8. The number of piperidine rings is 2. The lowest BCUT2D eigenvalue weighted by Gasteiger charge is -2.54. The van der Waals surface area contributed by atoms with Gasteiger partial charge in [-0.1, -0.05) is 56.3 Å². The minimum Gasteiger partial charge on any atom is -0.476 e. The summed E-state index contributed by atoms with van der Waals surface area (Å²) in [6.07, 6.45) is 12.9. The number of benzene rings is 1. The number of aliphatic carboxylic acids is 1. The van der Waals surface area contributed by atoms with Crippen LogP contribution in [0.15, 0.2) is 34.2 Å². The predicted molar refractivity (Wildman–Crippen MR) is 152 cm³/mol. The molecule has 2 bridgehead atoms. The molecule has 2 saturated heterocycles. The molecule has 10 heteroatoms. The Kier molecular flexibility index (Phi) is 8.83. The van der Waals surface area contributed by atoms with Gasteiger partial charge in [0.15, 0.2) is 12.3 Å². The van der Waals surface area contributed by atoms with E-state index in [1.807, 2.05) is 18.2 Å². The largest absolute Gasteiger partial charge is 0.476 e. The van der Waals surface area contributed by atoms with Crippen molar-refractivity contribution in [2.24, 2.45) is 11.1 Å². The fraction of sp³-hybridized carbons (Fsp3) is 0.633. The third-order valence-electron chi connectivity index (χ3n) is 9.10. The van der Waals surface area contributed by atoms with Gasteiger partial charge in [-0.05, 0) is 56.6 Å². The van der Waals surface area contributed by atoms with Crippen molar-refractivity contribution in [3.05, 3.63) is 40.3 Å². The van der Waals surface area contributed by atoms with Crippen molar-refractivity contribution in [3.8, 4) is 0 Å². The number of aromatic nitrogens is 2. The zero-order valence-corrected chi connectivity index (χ0v) is 23.6. The van der Waals surface area contributed by atoms with Crippen LogP contribution in [-0.2, 0) is 14.4 Å². The van der Waals surface area contributed by atoms with Gasteiger partial charge in [0.25, 0.3) is 11.5 Å². The maximum absolute atomic E-state index is 14.0. The second-order valence-corrected chi connectivity index (χ2v) is 11.6. The van der Waals surface area contributed by atoms with E-state index < -0.39 is 29.8 Å². The van der Waals surface area contributed by atoms with Crippen molar-refractivity contribution in [1.82, 2.24) is 19.8 Å². The standard InChI is InChI=1S/C30H41N5O5/c1-3-8-19-9-6-10-20(15-19)34-21-11-7-12-22(34)17-23(16-21)35-25-14-5-4-13-24(25)32-27(29(35)37)28(30(38)39)33-40-18-26(36)31-2/h4-5,13-14,19-23H,3,6-12,15-18H2,1-2H3,(H,31,36)(H,38,39)/b33-28-/t19-,20-,21-,22+,23+/m0/s1. The Bertz CT molecular complexity index is 1310. The van der Waals surface area contributed by atoms with Crippen LogP contribution in [0.4, 0.5) is 0 Å². The van der Waals surface area contributed by atoms with Crippen LogP contribution >= 0.6 is 0 Å². The third-order valence-corrected chi connectivity index (χ3v) is 9.10. The molecule has 0 radical (unpaired) electrons. The molecule has 5 atom stereocenters. The van der Waals surface area contributed by atoms with E-state index in [1.54, 1.807) is 10.6 Å². The molecule has 2 aromatic rings. The monoisotopic (exact) mass is 551 g/mol. The first kappa shape index (κ1) is 28.3. The summed E-state index contributed by atoms with van der Waals surface area (Å²) >= 11 is 0. The molecule has 3 heterocycles. The zero-order valence-electron chi connectivity index (χ0n) is 23.6. The molecule has 10 nitrogen and oxygen atoms in total. The van der Waals surface area contributed by atoms with Gasteiger partial charge in [-0.2, -0.15) is 0 Å². The summed E-state index contributed by atoms with van der Waals surface area (Å²) in [5.41, 5.74) is -0.134. The summed E-state index contributed by atoms with van der Waals surface area (Å²) in [5, 5.41) is 16.0. The average molecular weight is 552 g/mol. The van der Waals surface area contributed by atoms with Crippen LogP contribution in [-0.4, -0.2) is 68.9 Å². The van der Waals surface area contributed by atoms with Gasteiger partial charge >= 0.3 is 5.97 Å². The van der Waals surface area contributed by atoms with E-state index >= 15 is 0 Å². The predicted octanol–water partition coefficient (Wildman–Crippen LogP) is 3.86. The maximum atomic E-state index is 14.0. The summed E-state index contributed by atoms with van der Waals surface area (Å²) in [6, 6.07) is 8.73. The average Bonchev–Trinajstić information content (AvgIpc) is 2.94. The van der Waals surface area contributed by atoms with Gasteiger partial charge in [-0.25, -0.2) is 9.78 Å². The van der Waals surface area contributed by atoms with E-state index in [2.05, 4.69) is 27.3 Å². The van der Waals surface area contributed by atoms with Crippen LogP contribution in [0.1, 0.15) is 89.3 Å². The Morgan fingerprint density at radius 1 is 1.05 bits per heavy atom. The van der Waals surface area contributed by atoms with Gasteiger partial charge in [0.05, 0.1) is 11.0 Å². The Morgan fingerprint density at radius 2 is 1.73 bits per heavy atom. The SMILES string of the molecule is CCC[C@H]1CCC[C@H](N2[C@@H]3CCC[C@H]2C[C@@H](n2c(=O)c(/C(=N/OCC(=O)NC)C(=O)O)nc4ccccc42)C3)C1. The molecule has 40 heavy (non-hydrogen) atoms. The number of carboxylic acids is 1. The van der Waals surface area contributed by atoms with E-state index in [0.717, 1.165) is 31.6 Å². The van der Waals surface area contributed by atoms with Gasteiger partial charge in [-0.3, -0.25) is 14.5 Å². The molecule has 0 spiro atoms. The van der Waals surface area contributed by atoms with Crippen LogP contribution in [0.5, 0.6) is 0 Å². The highest BCUT2D eigenvalue weighted by Gasteiger charge is 2.43. The number of para-hydroxylation sites is 2. The van der Waals surface area contributed by atoms with Gasteiger partial charge in [-0.15, -0.1) is 0 Å². The fourth-order valence-electron chi connectivity index (χ4n) is 7.48. The normalized spacial score (nSPS) is 27.4. The van der Waals surface area contributed by atoms with E-state index in [4.69, 9.17) is 4.84 Å². The molecule has 1 amide bonds. The number of likely N-dealkylation sites (N-methyl/N-ethyl adjacent to an activating group) is 1. The Balaban J connectivity index is 1.49. The van der Waals surface area contributed by atoms with Crippen molar-refractivity contribution >= 4 is 28.6 Å². The summed E-state index contributed by atoms with van der Waals surface area (Å²) < 4.78 is 1.76. The van der Waals surface area contributed by atoms with Crippen molar-refractivity contribution in [3.63, 3.8) is 0 Å². The lowest BCUT2D eigenvalue weighted by Crippen LogP contribution is -2.58. The molecule has 2 N–H and O–H groups in total. The smallest absolute Gasteiger partial charge is 0.360 e. The number of oxime groups is 1. The third kappa shape index (κ3) is 5.77. The molecule has 2 aliphatic heterocycles. The first-order chi connectivity index (χ1) is 19.4. The summed E-state index contributed by atoms with van der Waals surface area (Å²) in [4.78, 5) is 49.9. The van der Waals surface area contributed by atoms with Crippen molar-refractivity contribution < 1.29 is 19.5 Å². The molecule has 3 aliphatic rings. The fourth-order valence-corrected chi connectivity index (χ4v) is 7.48. The highest BCUT2D eigenvalue weighted by atomic mass is 16.6. The van der Waals surface area contributed by atoms with Crippen LogP contribution in [0.3, 0.4) is 0 Å². The summed E-state index contributed by atoms with van der Waals surface area (Å²) in [5.74, 6) is -1.08. The zero-order chi connectivity index (χ0) is 28.2. The molecule has 216 valence electrons. The number of nitrogens with zero attached hydrogens (tertiary/aromatic N) is 4. The van der Waals surface area contributed by atoms with Crippen molar-refractivity contribution in [1.29, 1.82) is 0 Å². The van der Waals surface area contributed by atoms with E-state index in [0.29, 0.717) is 29.2 Å². The Hall–Kier alpha value is -3.27. The molecule has 1 aromatic carbocycles. The second-order valence-electron chi connectivity index (χ2n) is 11.6. The minimum absolute atomic E-state index is 0.0671. The Morgan fingerprint density at radius 3 is 2.40 bits per heavy atom. The molecule has 0 unspecified atom stereocenters. The lowest BCUT2D eigenvalue weighted by molar-refractivity contribution is -0.130. The summed E-state index contributed by atoms with van der Waals surface area (Å²) in [7, 11) is 1.44. The van der Waals surface area contributed by atoms with Crippen LogP contribution < -0.4 is 10.9 Å². The number of fused-ring (bicyclic) bond motifs is 3. The number of rotatable bonds is 9. The van der Waals surface area contributed by atoms with E-state index in [9.17, 15) is 19.5 Å². The van der Waals surface area contributed by atoms with Gasteiger partial charge < -0.3 is 19.8 Å². The number of hydrogen-bond donors (Lipinski definition) is 2. The second kappa shape index (κ2) is 12.5. The van der Waals surface area contributed by atoms with E-state index in [1.165, 1.54) is 52.0 Å². The number of hydrogen-bond acceptors (Lipinski definition) is 7. The summed E-state index contributed by atoms with van der Waals surface area (Å²) in [6.45, 7) is 1.82.